The van der Waals surface area contributed by atoms with E-state index in [1.54, 1.807) is 30.4 Å². The van der Waals surface area contributed by atoms with Crippen molar-refractivity contribution < 1.29 is 9.59 Å². The smallest absolute Gasteiger partial charge is 0.255 e. The zero-order chi connectivity index (χ0) is 16.7. The van der Waals surface area contributed by atoms with E-state index in [1.165, 1.54) is 12.5 Å². The summed E-state index contributed by atoms with van der Waals surface area (Å²) in [6, 6.07) is 4.98. The van der Waals surface area contributed by atoms with Crippen molar-refractivity contribution in [3.8, 4) is 0 Å². The van der Waals surface area contributed by atoms with Crippen molar-refractivity contribution in [1.82, 2.24) is 4.90 Å². The molecular formula is C18H21ClN2O2. The van der Waals surface area contributed by atoms with Gasteiger partial charge in [0.15, 0.2) is 0 Å². The van der Waals surface area contributed by atoms with Crippen LogP contribution in [-0.4, -0.2) is 29.8 Å². The molecule has 1 aliphatic rings. The molecule has 0 aliphatic carbocycles. The minimum Gasteiger partial charge on any atom is -0.339 e. The van der Waals surface area contributed by atoms with Crippen LogP contribution in [0.1, 0.15) is 36.5 Å². The highest BCUT2D eigenvalue weighted by Gasteiger charge is 2.20. The monoisotopic (exact) mass is 332 g/mol. The molecule has 0 spiro atoms. The number of hydrogen-bond donors (Lipinski definition) is 1. The average molecular weight is 333 g/mol. The predicted octanol–water partition coefficient (Wildman–Crippen LogP) is 4.04. The Kier molecular flexibility index (Phi) is 6.41. The highest BCUT2D eigenvalue weighted by Crippen LogP contribution is 2.23. The fourth-order valence-electron chi connectivity index (χ4n) is 2.47. The van der Waals surface area contributed by atoms with Crippen LogP contribution in [0, 0.1) is 0 Å². The lowest BCUT2D eigenvalue weighted by Gasteiger charge is -2.27. The van der Waals surface area contributed by atoms with Crippen LogP contribution in [-0.2, 0) is 4.79 Å². The molecule has 0 bridgehead atoms. The van der Waals surface area contributed by atoms with Gasteiger partial charge in [-0.2, -0.15) is 0 Å². The number of carbonyl (C=O) groups is 2. The van der Waals surface area contributed by atoms with Crippen molar-refractivity contribution in [2.24, 2.45) is 0 Å². The summed E-state index contributed by atoms with van der Waals surface area (Å²) in [5, 5.41) is 3.08. The number of hydrogen-bond acceptors (Lipinski definition) is 2. The van der Waals surface area contributed by atoms with Crippen LogP contribution in [0.15, 0.2) is 42.5 Å². The fourth-order valence-corrected chi connectivity index (χ4v) is 2.73. The molecule has 1 N–H and O–H groups in total. The molecule has 0 atom stereocenters. The Labute approximate surface area is 141 Å². The van der Waals surface area contributed by atoms with Crippen LogP contribution >= 0.6 is 11.6 Å². The summed E-state index contributed by atoms with van der Waals surface area (Å²) in [5.74, 6) is -0.283. The minimum atomic E-state index is -0.241. The van der Waals surface area contributed by atoms with Crippen molar-refractivity contribution in [2.45, 2.75) is 26.2 Å². The summed E-state index contributed by atoms with van der Waals surface area (Å²) in [5.41, 5.74) is 1.05. The summed E-state index contributed by atoms with van der Waals surface area (Å²) in [4.78, 5) is 26.0. The molecule has 0 saturated carbocycles. The molecule has 122 valence electrons. The molecule has 23 heavy (non-hydrogen) atoms. The first kappa shape index (κ1) is 17.3. The number of nitrogens with zero attached hydrogens (tertiary/aromatic N) is 1. The van der Waals surface area contributed by atoms with Crippen molar-refractivity contribution >= 4 is 29.1 Å². The highest BCUT2D eigenvalue weighted by molar-refractivity contribution is 6.34. The van der Waals surface area contributed by atoms with E-state index in [9.17, 15) is 9.59 Å². The Morgan fingerprint density at radius 2 is 1.91 bits per heavy atom. The lowest BCUT2D eigenvalue weighted by Crippen LogP contribution is -2.35. The number of likely N-dealkylation sites (tertiary alicyclic amines) is 1. The Hall–Kier alpha value is -2.07. The van der Waals surface area contributed by atoms with Gasteiger partial charge in [-0.3, -0.25) is 9.59 Å². The van der Waals surface area contributed by atoms with E-state index in [2.05, 4.69) is 5.32 Å². The molecule has 1 heterocycles. The molecule has 0 radical (unpaired) electrons. The van der Waals surface area contributed by atoms with Crippen LogP contribution < -0.4 is 5.32 Å². The zero-order valence-corrected chi connectivity index (χ0v) is 14.0. The van der Waals surface area contributed by atoms with Gasteiger partial charge in [0.2, 0.25) is 5.91 Å². The molecule has 5 heteroatoms. The lowest BCUT2D eigenvalue weighted by atomic mass is 10.1. The summed E-state index contributed by atoms with van der Waals surface area (Å²) >= 11 is 6.23. The molecule has 1 saturated heterocycles. The van der Waals surface area contributed by atoms with Gasteiger partial charge in [0.25, 0.3) is 5.91 Å². The van der Waals surface area contributed by atoms with Crippen molar-refractivity contribution in [3.63, 3.8) is 0 Å². The minimum absolute atomic E-state index is 0.0412. The van der Waals surface area contributed by atoms with Gasteiger partial charge in [-0.15, -0.1) is 0 Å². The number of halogens is 1. The first-order valence-electron chi connectivity index (χ1n) is 7.81. The van der Waals surface area contributed by atoms with E-state index >= 15 is 0 Å². The van der Waals surface area contributed by atoms with Gasteiger partial charge in [-0.05, 0) is 44.4 Å². The third-order valence-corrected chi connectivity index (χ3v) is 3.97. The molecular weight excluding hydrogens is 312 g/mol. The van der Waals surface area contributed by atoms with Gasteiger partial charge in [-0.1, -0.05) is 29.8 Å². The Morgan fingerprint density at radius 3 is 2.57 bits per heavy atom. The highest BCUT2D eigenvalue weighted by atomic mass is 35.5. The average Bonchev–Trinajstić information content (AvgIpc) is 2.55. The Bertz CT molecular complexity index is 632. The summed E-state index contributed by atoms with van der Waals surface area (Å²) < 4.78 is 0. The van der Waals surface area contributed by atoms with Crippen LogP contribution in [0.4, 0.5) is 5.69 Å². The van der Waals surface area contributed by atoms with Crippen molar-refractivity contribution in [1.29, 1.82) is 0 Å². The third-order valence-electron chi connectivity index (χ3n) is 3.66. The second-order valence-electron chi connectivity index (χ2n) is 5.42. The van der Waals surface area contributed by atoms with Gasteiger partial charge in [-0.25, -0.2) is 0 Å². The van der Waals surface area contributed by atoms with E-state index in [4.69, 9.17) is 11.6 Å². The largest absolute Gasteiger partial charge is 0.339 e. The molecule has 1 aliphatic heterocycles. The number of amides is 2. The number of anilines is 1. The molecule has 0 unspecified atom stereocenters. The van der Waals surface area contributed by atoms with Gasteiger partial charge in [0.1, 0.15) is 0 Å². The van der Waals surface area contributed by atoms with Gasteiger partial charge in [0.05, 0.1) is 10.6 Å². The summed E-state index contributed by atoms with van der Waals surface area (Å²) in [6.07, 6.45) is 9.94. The van der Waals surface area contributed by atoms with E-state index in [0.29, 0.717) is 16.3 Å². The number of carbonyl (C=O) groups excluding carboxylic acids is 2. The summed E-state index contributed by atoms with van der Waals surface area (Å²) in [7, 11) is 0. The van der Waals surface area contributed by atoms with Crippen molar-refractivity contribution in [2.75, 3.05) is 18.4 Å². The second kappa shape index (κ2) is 8.53. The van der Waals surface area contributed by atoms with Crippen LogP contribution in [0.25, 0.3) is 0 Å². The number of rotatable bonds is 4. The maximum absolute atomic E-state index is 12.5. The first-order chi connectivity index (χ1) is 11.1. The van der Waals surface area contributed by atoms with Crippen molar-refractivity contribution in [3.05, 3.63) is 53.1 Å². The van der Waals surface area contributed by atoms with Gasteiger partial charge < -0.3 is 10.2 Å². The normalized spacial score (nSPS) is 15.3. The molecule has 1 fully saturated rings. The molecule has 2 rings (SSSR count). The molecule has 1 aromatic rings. The zero-order valence-electron chi connectivity index (χ0n) is 13.2. The van der Waals surface area contributed by atoms with E-state index in [1.807, 2.05) is 17.9 Å². The Morgan fingerprint density at radius 1 is 1.17 bits per heavy atom. The quantitative estimate of drug-likeness (QED) is 0.668. The molecule has 0 aromatic heterocycles. The van der Waals surface area contributed by atoms with Gasteiger partial charge in [0, 0.05) is 24.9 Å². The predicted molar refractivity (Wildman–Crippen MR) is 93.8 cm³/mol. The number of nitrogens with one attached hydrogen (secondary N) is 1. The third kappa shape index (κ3) is 4.96. The number of piperidine rings is 1. The summed E-state index contributed by atoms with van der Waals surface area (Å²) in [6.45, 7) is 3.44. The topological polar surface area (TPSA) is 49.4 Å². The van der Waals surface area contributed by atoms with Crippen LogP contribution in [0.5, 0.6) is 0 Å². The maximum Gasteiger partial charge on any atom is 0.255 e. The standard InChI is InChI=1S/C18H21ClN2O2/c1-2-3-5-8-17(22)20-14-9-10-15(16(19)13-14)18(23)21-11-6-4-7-12-21/h2-3,5,8-10,13H,4,6-7,11-12H2,1H3,(H,20,22). The Balaban J connectivity index is 2.05. The molecule has 4 nitrogen and oxygen atoms in total. The fraction of sp³-hybridized carbons (Fsp3) is 0.333. The van der Waals surface area contributed by atoms with Crippen LogP contribution in [0.2, 0.25) is 5.02 Å². The van der Waals surface area contributed by atoms with Crippen LogP contribution in [0.3, 0.4) is 0 Å². The van der Waals surface area contributed by atoms with E-state index in [0.717, 1.165) is 25.9 Å². The lowest BCUT2D eigenvalue weighted by molar-refractivity contribution is -0.111. The second-order valence-corrected chi connectivity index (χ2v) is 5.83. The number of benzene rings is 1. The maximum atomic E-state index is 12.5. The van der Waals surface area contributed by atoms with E-state index in [-0.39, 0.29) is 11.8 Å². The molecule has 1 aromatic carbocycles. The first-order valence-corrected chi connectivity index (χ1v) is 8.19. The van der Waals surface area contributed by atoms with E-state index < -0.39 is 0 Å². The molecule has 2 amide bonds. The SMILES string of the molecule is CC=CC=CC(=O)Nc1ccc(C(=O)N2CCCCC2)c(Cl)c1. The van der Waals surface area contributed by atoms with Gasteiger partial charge >= 0.3 is 0 Å². The number of allylic oxidation sites excluding steroid dienone is 3.